The van der Waals surface area contributed by atoms with Crippen molar-refractivity contribution >= 4 is 23.4 Å². The van der Waals surface area contributed by atoms with Gasteiger partial charge in [-0.3, -0.25) is 9.69 Å². The first-order valence-electron chi connectivity index (χ1n) is 12.3. The van der Waals surface area contributed by atoms with Gasteiger partial charge in [0, 0.05) is 24.3 Å². The van der Waals surface area contributed by atoms with Crippen LogP contribution in [0.4, 0.5) is 5.69 Å². The van der Waals surface area contributed by atoms with E-state index in [9.17, 15) is 4.79 Å². The Balaban J connectivity index is 1.83. The molecule has 0 bridgehead atoms. The fourth-order valence-corrected chi connectivity index (χ4v) is 5.03. The van der Waals surface area contributed by atoms with Crippen molar-refractivity contribution in [3.8, 4) is 34.4 Å². The number of carbonyl (C=O) groups excluding carboxylic acids is 1. The van der Waals surface area contributed by atoms with Crippen LogP contribution in [-0.2, 0) is 4.79 Å². The summed E-state index contributed by atoms with van der Waals surface area (Å²) in [5.74, 6) is 2.42. The SMILES string of the molecule is CCCCCCSc1nnc2c(n1)O[C@H](c1cc(OC)c(OC)cc1OC)N(C(C)=O)c1ccccc1-2. The molecule has 0 fully saturated rings. The maximum Gasteiger partial charge on any atom is 0.247 e. The highest BCUT2D eigenvalue weighted by atomic mass is 32.2. The molecule has 0 saturated carbocycles. The van der Waals surface area contributed by atoms with E-state index in [1.54, 1.807) is 50.1 Å². The van der Waals surface area contributed by atoms with Crippen LogP contribution in [0.15, 0.2) is 41.6 Å². The Hall–Kier alpha value is -3.53. The second kappa shape index (κ2) is 12.1. The minimum absolute atomic E-state index is 0.222. The summed E-state index contributed by atoms with van der Waals surface area (Å²) < 4.78 is 23.2. The zero-order valence-corrected chi connectivity index (χ0v) is 22.6. The van der Waals surface area contributed by atoms with Crippen LogP contribution in [0.2, 0.25) is 0 Å². The molecule has 0 spiro atoms. The number of fused-ring (bicyclic) bond motifs is 3. The van der Waals surface area contributed by atoms with Crippen molar-refractivity contribution in [2.45, 2.75) is 50.9 Å². The maximum absolute atomic E-state index is 13.1. The summed E-state index contributed by atoms with van der Waals surface area (Å²) in [7, 11) is 4.66. The Morgan fingerprint density at radius 1 is 1.00 bits per heavy atom. The molecule has 1 aliphatic heterocycles. The van der Waals surface area contributed by atoms with E-state index in [2.05, 4.69) is 17.1 Å². The highest BCUT2D eigenvalue weighted by Crippen LogP contribution is 2.47. The molecule has 0 radical (unpaired) electrons. The third-order valence-corrected chi connectivity index (χ3v) is 7.01. The van der Waals surface area contributed by atoms with Crippen LogP contribution in [0.5, 0.6) is 23.1 Å². The van der Waals surface area contributed by atoms with Crippen LogP contribution in [0.3, 0.4) is 0 Å². The minimum atomic E-state index is -0.909. The van der Waals surface area contributed by atoms with Crippen LogP contribution >= 0.6 is 11.8 Å². The molecule has 37 heavy (non-hydrogen) atoms. The number of carbonyl (C=O) groups is 1. The van der Waals surface area contributed by atoms with Crippen molar-refractivity contribution in [1.82, 2.24) is 15.2 Å². The summed E-state index contributed by atoms with van der Waals surface area (Å²) >= 11 is 1.55. The second-order valence-electron chi connectivity index (χ2n) is 8.48. The lowest BCUT2D eigenvalue weighted by Gasteiger charge is -2.31. The molecule has 0 saturated heterocycles. The molecule has 2 aromatic carbocycles. The van der Waals surface area contributed by atoms with Gasteiger partial charge in [0.1, 0.15) is 5.75 Å². The average Bonchev–Trinajstić information content (AvgIpc) is 3.06. The van der Waals surface area contributed by atoms with Crippen LogP contribution in [0, 0.1) is 0 Å². The van der Waals surface area contributed by atoms with Crippen LogP contribution in [0.1, 0.15) is 51.3 Å². The Morgan fingerprint density at radius 3 is 2.43 bits per heavy atom. The van der Waals surface area contributed by atoms with Gasteiger partial charge in [-0.1, -0.05) is 56.1 Å². The van der Waals surface area contributed by atoms with Crippen molar-refractivity contribution in [3.05, 3.63) is 42.0 Å². The molecule has 0 N–H and O–H groups in total. The van der Waals surface area contributed by atoms with Crippen LogP contribution < -0.4 is 23.8 Å². The highest BCUT2D eigenvalue weighted by Gasteiger charge is 2.36. The third kappa shape index (κ3) is 5.58. The molecular formula is C27H32N4O5S. The Bertz CT molecular complexity index is 1260. The van der Waals surface area contributed by atoms with Gasteiger partial charge in [0.05, 0.1) is 32.6 Å². The van der Waals surface area contributed by atoms with Gasteiger partial charge in [-0.05, 0) is 18.6 Å². The molecule has 1 aromatic heterocycles. The van der Waals surface area contributed by atoms with Gasteiger partial charge in [-0.25, -0.2) is 0 Å². The molecule has 0 unspecified atom stereocenters. The molecule has 9 nitrogen and oxygen atoms in total. The summed E-state index contributed by atoms with van der Waals surface area (Å²) in [6, 6.07) is 11.0. The van der Waals surface area contributed by atoms with Gasteiger partial charge >= 0.3 is 0 Å². The molecule has 1 amide bonds. The van der Waals surface area contributed by atoms with Crippen LogP contribution in [-0.4, -0.2) is 48.2 Å². The van der Waals surface area contributed by atoms with Crippen LogP contribution in [0.25, 0.3) is 11.3 Å². The monoisotopic (exact) mass is 524 g/mol. The number of nitrogens with zero attached hydrogens (tertiary/aromatic N) is 4. The number of hydrogen-bond acceptors (Lipinski definition) is 9. The van der Waals surface area contributed by atoms with E-state index in [4.69, 9.17) is 23.9 Å². The standard InChI is InChI=1S/C27H32N4O5S/c1-6-7-8-11-14-37-27-28-25-24(29-30-27)18-12-9-10-13-20(18)31(17(2)32)26(36-25)19-15-22(34-4)23(35-5)16-21(19)33-3/h9-10,12-13,15-16,26H,6-8,11,14H2,1-5H3/t26-/m1/s1. The lowest BCUT2D eigenvalue weighted by Crippen LogP contribution is -2.36. The largest absolute Gasteiger partial charge is 0.496 e. The number of rotatable bonds is 10. The number of amides is 1. The lowest BCUT2D eigenvalue weighted by molar-refractivity contribution is -0.118. The van der Waals surface area contributed by atoms with E-state index in [0.29, 0.717) is 50.8 Å². The van der Waals surface area contributed by atoms with E-state index in [1.807, 2.05) is 24.3 Å². The summed E-state index contributed by atoms with van der Waals surface area (Å²) in [4.78, 5) is 19.4. The first kappa shape index (κ1) is 26.5. The van der Waals surface area contributed by atoms with E-state index < -0.39 is 6.23 Å². The zero-order valence-electron chi connectivity index (χ0n) is 21.8. The predicted molar refractivity (Wildman–Crippen MR) is 143 cm³/mol. The summed E-state index contributed by atoms with van der Waals surface area (Å²) in [5.41, 5.74) is 2.38. The number of hydrogen-bond donors (Lipinski definition) is 0. The lowest BCUT2D eigenvalue weighted by atomic mass is 10.1. The number of ether oxygens (including phenoxy) is 4. The first-order valence-corrected chi connectivity index (χ1v) is 13.2. The van der Waals surface area contributed by atoms with Crippen molar-refractivity contribution in [3.63, 3.8) is 0 Å². The number of thioether (sulfide) groups is 1. The average molecular weight is 525 g/mol. The number of benzene rings is 2. The number of unbranched alkanes of at least 4 members (excludes halogenated alkanes) is 3. The molecule has 196 valence electrons. The Labute approximate surface area is 221 Å². The smallest absolute Gasteiger partial charge is 0.247 e. The van der Waals surface area contributed by atoms with Gasteiger partial charge in [-0.2, -0.15) is 4.98 Å². The highest BCUT2D eigenvalue weighted by molar-refractivity contribution is 7.99. The van der Waals surface area contributed by atoms with E-state index in [0.717, 1.165) is 12.2 Å². The maximum atomic E-state index is 13.1. The van der Waals surface area contributed by atoms with E-state index in [-0.39, 0.29) is 5.91 Å². The molecule has 4 rings (SSSR count). The Morgan fingerprint density at radius 2 is 1.73 bits per heavy atom. The third-order valence-electron chi connectivity index (χ3n) is 6.08. The molecule has 3 aromatic rings. The minimum Gasteiger partial charge on any atom is -0.496 e. The fourth-order valence-electron chi connectivity index (χ4n) is 4.25. The molecule has 1 atom stereocenters. The molecule has 2 heterocycles. The van der Waals surface area contributed by atoms with Crippen molar-refractivity contribution in [2.24, 2.45) is 0 Å². The first-order chi connectivity index (χ1) is 18.0. The summed E-state index contributed by atoms with van der Waals surface area (Å²) in [5, 5.41) is 9.38. The van der Waals surface area contributed by atoms with E-state index in [1.165, 1.54) is 26.2 Å². The summed E-state index contributed by atoms with van der Waals surface area (Å²) in [6.07, 6.45) is 3.73. The topological polar surface area (TPSA) is 95.9 Å². The van der Waals surface area contributed by atoms with Gasteiger partial charge < -0.3 is 18.9 Å². The molecule has 0 aliphatic carbocycles. The van der Waals surface area contributed by atoms with Gasteiger partial charge in [-0.15, -0.1) is 10.2 Å². The van der Waals surface area contributed by atoms with Gasteiger partial charge in [0.25, 0.3) is 0 Å². The number of methoxy groups -OCH3 is 3. The zero-order chi connectivity index (χ0) is 26.4. The number of aromatic nitrogens is 3. The number of anilines is 1. The number of para-hydroxylation sites is 1. The van der Waals surface area contributed by atoms with Gasteiger partial charge in [0.15, 0.2) is 17.2 Å². The second-order valence-corrected chi connectivity index (χ2v) is 9.54. The van der Waals surface area contributed by atoms with Crippen molar-refractivity contribution in [2.75, 3.05) is 32.0 Å². The van der Waals surface area contributed by atoms with Gasteiger partial charge in [0.2, 0.25) is 23.2 Å². The van der Waals surface area contributed by atoms with Crippen molar-refractivity contribution < 1.29 is 23.7 Å². The Kier molecular flexibility index (Phi) is 8.70. The fraction of sp³-hybridized carbons (Fsp3) is 0.407. The molecular weight excluding hydrogens is 492 g/mol. The van der Waals surface area contributed by atoms with E-state index >= 15 is 0 Å². The van der Waals surface area contributed by atoms with Crippen molar-refractivity contribution in [1.29, 1.82) is 0 Å². The normalized spacial score (nSPS) is 14.2. The predicted octanol–water partition coefficient (Wildman–Crippen LogP) is 5.68. The molecule has 10 heteroatoms. The quantitative estimate of drug-likeness (QED) is 0.245. The molecule has 1 aliphatic rings. The summed E-state index contributed by atoms with van der Waals surface area (Å²) in [6.45, 7) is 3.68.